The van der Waals surface area contributed by atoms with Crippen LogP contribution in [-0.4, -0.2) is 58.4 Å². The smallest absolute Gasteiger partial charge is 0.305 e. The summed E-state index contributed by atoms with van der Waals surface area (Å²) < 4.78 is 0. The zero-order chi connectivity index (χ0) is 17.3. The zero-order valence-corrected chi connectivity index (χ0v) is 14.9. The first-order valence-electron chi connectivity index (χ1n) is 8.87. The predicted molar refractivity (Wildman–Crippen MR) is 93.4 cm³/mol. The number of amides is 3. The lowest BCUT2D eigenvalue weighted by atomic mass is 9.85. The molecule has 3 amide bonds. The van der Waals surface area contributed by atoms with E-state index in [9.17, 15) is 9.59 Å². The van der Waals surface area contributed by atoms with Gasteiger partial charge in [-0.05, 0) is 31.7 Å². The van der Waals surface area contributed by atoms with E-state index in [4.69, 9.17) is 0 Å². The number of piperidine rings is 1. The molecule has 1 aromatic rings. The van der Waals surface area contributed by atoms with Crippen LogP contribution in [-0.2, 0) is 11.3 Å². The molecule has 0 unspecified atom stereocenters. The Morgan fingerprint density at radius 3 is 2.33 bits per heavy atom. The van der Waals surface area contributed by atoms with Gasteiger partial charge < -0.3 is 9.80 Å². The van der Waals surface area contributed by atoms with Gasteiger partial charge in [-0.3, -0.25) is 9.69 Å². The summed E-state index contributed by atoms with van der Waals surface area (Å²) in [6.45, 7) is 6.65. The largest absolute Gasteiger partial charge is 0.327 e. The fourth-order valence-electron chi connectivity index (χ4n) is 3.94. The third-order valence-electron chi connectivity index (χ3n) is 5.76. The molecule has 2 aliphatic heterocycles. The third kappa shape index (κ3) is 2.71. The van der Waals surface area contributed by atoms with Crippen LogP contribution in [0.15, 0.2) is 30.3 Å². The Morgan fingerprint density at radius 1 is 1.12 bits per heavy atom. The predicted octanol–water partition coefficient (Wildman–Crippen LogP) is 2.71. The fourth-order valence-corrected chi connectivity index (χ4v) is 3.94. The summed E-state index contributed by atoms with van der Waals surface area (Å²) in [6.07, 6.45) is 2.55. The summed E-state index contributed by atoms with van der Waals surface area (Å²) in [5, 5.41) is 0. The summed E-state index contributed by atoms with van der Waals surface area (Å²) >= 11 is 0. The van der Waals surface area contributed by atoms with Crippen LogP contribution < -0.4 is 0 Å². The minimum absolute atomic E-state index is 0.0350. The average molecular weight is 329 g/mol. The van der Waals surface area contributed by atoms with Crippen LogP contribution in [0.1, 0.15) is 38.7 Å². The molecule has 5 heteroatoms. The zero-order valence-electron chi connectivity index (χ0n) is 14.9. The van der Waals surface area contributed by atoms with Crippen LogP contribution in [0.5, 0.6) is 0 Å². The van der Waals surface area contributed by atoms with Crippen LogP contribution in [0.25, 0.3) is 0 Å². The van der Waals surface area contributed by atoms with Crippen molar-refractivity contribution in [2.24, 2.45) is 0 Å². The molecule has 2 saturated heterocycles. The van der Waals surface area contributed by atoms with Gasteiger partial charge in [0.1, 0.15) is 5.54 Å². The normalized spacial score (nSPS) is 22.5. The number of hydrogen-bond donors (Lipinski definition) is 0. The van der Waals surface area contributed by atoms with Crippen molar-refractivity contribution in [2.75, 3.05) is 20.1 Å². The second-order valence-electron chi connectivity index (χ2n) is 7.04. The van der Waals surface area contributed by atoms with Crippen molar-refractivity contribution >= 4 is 11.9 Å². The molecule has 2 heterocycles. The van der Waals surface area contributed by atoms with E-state index >= 15 is 0 Å². The number of carbonyl (C=O) groups excluding carboxylic acids is 2. The Labute approximate surface area is 144 Å². The van der Waals surface area contributed by atoms with Crippen molar-refractivity contribution in [3.8, 4) is 0 Å². The highest BCUT2D eigenvalue weighted by Gasteiger charge is 2.56. The summed E-state index contributed by atoms with van der Waals surface area (Å²) in [5.41, 5.74) is 0.406. The number of rotatable bonds is 4. The molecule has 0 aromatic heterocycles. The highest BCUT2D eigenvalue weighted by molar-refractivity contribution is 6.06. The number of likely N-dealkylation sites (tertiary alicyclic amines) is 1. The van der Waals surface area contributed by atoms with Gasteiger partial charge in [0, 0.05) is 32.7 Å². The molecule has 1 aromatic carbocycles. The lowest BCUT2D eigenvalue weighted by Gasteiger charge is -2.44. The van der Waals surface area contributed by atoms with Gasteiger partial charge >= 0.3 is 6.03 Å². The second kappa shape index (κ2) is 6.55. The van der Waals surface area contributed by atoms with Crippen molar-refractivity contribution in [1.29, 1.82) is 0 Å². The molecule has 5 nitrogen and oxygen atoms in total. The molecule has 130 valence electrons. The molecule has 2 fully saturated rings. The van der Waals surface area contributed by atoms with Crippen LogP contribution in [0.2, 0.25) is 0 Å². The van der Waals surface area contributed by atoms with Crippen molar-refractivity contribution in [2.45, 2.75) is 51.2 Å². The highest BCUT2D eigenvalue weighted by Crippen LogP contribution is 2.38. The van der Waals surface area contributed by atoms with Gasteiger partial charge in [0.15, 0.2) is 0 Å². The van der Waals surface area contributed by atoms with Crippen molar-refractivity contribution in [1.82, 2.24) is 14.7 Å². The number of hydrogen-bond acceptors (Lipinski definition) is 3. The lowest BCUT2D eigenvalue weighted by molar-refractivity contribution is -0.135. The molecular weight excluding hydrogens is 302 g/mol. The van der Waals surface area contributed by atoms with Crippen molar-refractivity contribution < 1.29 is 9.59 Å². The van der Waals surface area contributed by atoms with E-state index in [2.05, 4.69) is 18.7 Å². The Kier molecular flexibility index (Phi) is 4.63. The van der Waals surface area contributed by atoms with Gasteiger partial charge in [-0.25, -0.2) is 4.79 Å². The molecule has 0 bridgehead atoms. The quantitative estimate of drug-likeness (QED) is 0.798. The summed E-state index contributed by atoms with van der Waals surface area (Å²) in [4.78, 5) is 31.1. The topological polar surface area (TPSA) is 43.9 Å². The number of imide groups is 1. The van der Waals surface area contributed by atoms with Gasteiger partial charge in [0.25, 0.3) is 5.91 Å². The maximum Gasteiger partial charge on any atom is 0.327 e. The SMILES string of the molecule is CC[C@H](C)N1CCC2(CC1)C(=O)N(C)C(=O)N2Cc1ccccc1. The van der Waals surface area contributed by atoms with Crippen LogP contribution in [0.4, 0.5) is 4.79 Å². The van der Waals surface area contributed by atoms with Gasteiger partial charge in [-0.2, -0.15) is 0 Å². The van der Waals surface area contributed by atoms with E-state index in [0.717, 1.165) is 37.9 Å². The van der Waals surface area contributed by atoms with E-state index in [0.29, 0.717) is 12.6 Å². The Hall–Kier alpha value is -1.88. The first-order valence-corrected chi connectivity index (χ1v) is 8.87. The Balaban J connectivity index is 1.84. The molecule has 0 aliphatic carbocycles. The molecule has 3 rings (SSSR count). The molecular formula is C19H27N3O2. The van der Waals surface area contributed by atoms with Crippen LogP contribution >= 0.6 is 0 Å². The lowest BCUT2D eigenvalue weighted by Crippen LogP contribution is -2.57. The molecule has 0 N–H and O–H groups in total. The van der Waals surface area contributed by atoms with Gasteiger partial charge in [-0.1, -0.05) is 37.3 Å². The monoisotopic (exact) mass is 329 g/mol. The molecule has 1 atom stereocenters. The molecule has 1 spiro atoms. The first-order chi connectivity index (χ1) is 11.5. The minimum Gasteiger partial charge on any atom is -0.305 e. The van der Waals surface area contributed by atoms with Crippen molar-refractivity contribution in [3.05, 3.63) is 35.9 Å². The van der Waals surface area contributed by atoms with Gasteiger partial charge in [0.05, 0.1) is 0 Å². The number of urea groups is 1. The maximum absolute atomic E-state index is 12.9. The summed E-state index contributed by atoms with van der Waals surface area (Å²) in [5.74, 6) is -0.0350. The Bertz CT molecular complexity index is 608. The average Bonchev–Trinajstić information content (AvgIpc) is 2.79. The van der Waals surface area contributed by atoms with Crippen molar-refractivity contribution in [3.63, 3.8) is 0 Å². The summed E-state index contributed by atoms with van der Waals surface area (Å²) in [7, 11) is 1.61. The van der Waals surface area contributed by atoms with Crippen LogP contribution in [0.3, 0.4) is 0 Å². The second-order valence-corrected chi connectivity index (χ2v) is 7.04. The number of nitrogens with zero attached hydrogens (tertiary/aromatic N) is 3. The molecule has 2 aliphatic rings. The maximum atomic E-state index is 12.9. The Morgan fingerprint density at radius 2 is 1.75 bits per heavy atom. The van der Waals surface area contributed by atoms with E-state index < -0.39 is 5.54 Å². The van der Waals surface area contributed by atoms with E-state index in [1.54, 1.807) is 11.9 Å². The molecule has 0 saturated carbocycles. The van der Waals surface area contributed by atoms with E-state index in [-0.39, 0.29) is 11.9 Å². The van der Waals surface area contributed by atoms with Crippen LogP contribution in [0, 0.1) is 0 Å². The van der Waals surface area contributed by atoms with E-state index in [1.807, 2.05) is 30.3 Å². The molecule has 0 radical (unpaired) electrons. The number of likely N-dealkylation sites (N-methyl/N-ethyl adjacent to an activating group) is 1. The third-order valence-corrected chi connectivity index (χ3v) is 5.76. The summed E-state index contributed by atoms with van der Waals surface area (Å²) in [6, 6.07) is 10.3. The van der Waals surface area contributed by atoms with Gasteiger partial charge in [0.2, 0.25) is 0 Å². The molecule has 24 heavy (non-hydrogen) atoms. The highest BCUT2D eigenvalue weighted by atomic mass is 16.2. The van der Waals surface area contributed by atoms with E-state index in [1.165, 1.54) is 4.90 Å². The first kappa shape index (κ1) is 17.0. The van der Waals surface area contributed by atoms with Gasteiger partial charge in [-0.15, -0.1) is 0 Å². The minimum atomic E-state index is -0.661. The fraction of sp³-hybridized carbons (Fsp3) is 0.579. The number of benzene rings is 1. The standard InChI is InChI=1S/C19H27N3O2/c1-4-15(2)21-12-10-19(11-13-21)17(23)20(3)18(24)22(19)14-16-8-6-5-7-9-16/h5-9,15H,4,10-14H2,1-3H3/t15-/m0/s1. The number of carbonyl (C=O) groups is 2.